The van der Waals surface area contributed by atoms with Crippen LogP contribution in [-0.2, 0) is 9.84 Å². The fraction of sp³-hybridized carbons (Fsp3) is 0.333. The van der Waals surface area contributed by atoms with Crippen molar-refractivity contribution in [2.45, 2.75) is 31.6 Å². The van der Waals surface area contributed by atoms with Crippen LogP contribution >= 0.6 is 0 Å². The highest BCUT2D eigenvalue weighted by Crippen LogP contribution is 2.23. The Bertz CT molecular complexity index is 896. The Labute approximate surface area is 162 Å². The molecule has 0 aromatic heterocycles. The van der Waals surface area contributed by atoms with Crippen molar-refractivity contribution in [2.75, 3.05) is 23.7 Å². The van der Waals surface area contributed by atoms with Gasteiger partial charge in [0.05, 0.1) is 22.0 Å². The maximum absolute atomic E-state index is 11.8. The number of terminal acetylenes is 1. The lowest BCUT2D eigenvalue weighted by Gasteiger charge is -2.22. The van der Waals surface area contributed by atoms with E-state index in [0.717, 1.165) is 37.3 Å². The van der Waals surface area contributed by atoms with Crippen molar-refractivity contribution in [1.82, 2.24) is 0 Å². The maximum Gasteiger partial charge on any atom is 0.178 e. The minimum atomic E-state index is -3.19. The first-order valence-electron chi connectivity index (χ1n) is 9.03. The summed E-state index contributed by atoms with van der Waals surface area (Å²) >= 11 is 0. The quantitative estimate of drug-likeness (QED) is 0.342. The third-order valence-corrected chi connectivity index (χ3v) is 5.95. The Balaban J connectivity index is 2.04. The van der Waals surface area contributed by atoms with Gasteiger partial charge >= 0.3 is 0 Å². The number of nitrogens with zero attached hydrogens (tertiary/aromatic N) is 3. The Hall–Kier alpha value is -2.65. The number of benzene rings is 2. The van der Waals surface area contributed by atoms with Crippen LogP contribution in [0.4, 0.5) is 17.1 Å². The second-order valence-corrected chi connectivity index (χ2v) is 8.28. The molecule has 2 aromatic carbocycles. The van der Waals surface area contributed by atoms with Crippen LogP contribution in [0.5, 0.6) is 0 Å². The Morgan fingerprint density at radius 2 is 1.52 bits per heavy atom. The van der Waals surface area contributed by atoms with E-state index in [1.165, 1.54) is 0 Å². The van der Waals surface area contributed by atoms with Crippen molar-refractivity contribution >= 4 is 26.9 Å². The number of hydrogen-bond acceptors (Lipinski definition) is 5. The monoisotopic (exact) mass is 383 g/mol. The third-order valence-electron chi connectivity index (χ3n) is 4.20. The summed E-state index contributed by atoms with van der Waals surface area (Å²) < 4.78 is 23.6. The van der Waals surface area contributed by atoms with E-state index in [2.05, 4.69) is 28.0 Å². The Morgan fingerprint density at radius 1 is 0.963 bits per heavy atom. The molecule has 0 atom stereocenters. The van der Waals surface area contributed by atoms with Crippen LogP contribution in [0.1, 0.15) is 26.7 Å². The highest BCUT2D eigenvalue weighted by atomic mass is 32.2. The summed E-state index contributed by atoms with van der Waals surface area (Å²) in [5.41, 5.74) is 2.48. The lowest BCUT2D eigenvalue weighted by atomic mass is 10.2. The minimum absolute atomic E-state index is 0.0811. The van der Waals surface area contributed by atoms with E-state index >= 15 is 0 Å². The van der Waals surface area contributed by atoms with Crippen LogP contribution < -0.4 is 4.90 Å². The van der Waals surface area contributed by atoms with E-state index in [1.54, 1.807) is 31.2 Å². The standard InChI is InChI=1S/C21H25N3O2S/c1-4-7-8-17-24(5-2)20-13-9-18(10-14-20)22-23-19-11-15-21(16-12-19)27(25,26)6-3/h1,9-16H,5-8,17H2,2-3H3. The van der Waals surface area contributed by atoms with E-state index in [4.69, 9.17) is 6.42 Å². The van der Waals surface area contributed by atoms with Gasteiger partial charge in [0.25, 0.3) is 0 Å². The zero-order valence-electron chi connectivity index (χ0n) is 15.8. The van der Waals surface area contributed by atoms with Crippen LogP contribution in [-0.4, -0.2) is 27.3 Å². The van der Waals surface area contributed by atoms with Gasteiger partial charge in [-0.15, -0.1) is 12.3 Å². The highest BCUT2D eigenvalue weighted by Gasteiger charge is 2.10. The molecule has 0 N–H and O–H groups in total. The predicted octanol–water partition coefficient (Wildman–Crippen LogP) is 5.14. The molecule has 142 valence electrons. The predicted molar refractivity (Wildman–Crippen MR) is 111 cm³/mol. The smallest absolute Gasteiger partial charge is 0.178 e. The first kappa shape index (κ1) is 20.7. The fourth-order valence-electron chi connectivity index (χ4n) is 2.57. The molecule has 0 aliphatic rings. The van der Waals surface area contributed by atoms with Gasteiger partial charge < -0.3 is 4.90 Å². The normalized spacial score (nSPS) is 11.4. The molecule has 0 saturated carbocycles. The molecule has 0 spiro atoms. The molecule has 0 unspecified atom stereocenters. The van der Waals surface area contributed by atoms with Crippen molar-refractivity contribution in [3.63, 3.8) is 0 Å². The van der Waals surface area contributed by atoms with Gasteiger partial charge in [-0.25, -0.2) is 8.42 Å². The van der Waals surface area contributed by atoms with Crippen LogP contribution in [0.25, 0.3) is 0 Å². The van der Waals surface area contributed by atoms with E-state index in [-0.39, 0.29) is 5.75 Å². The van der Waals surface area contributed by atoms with Gasteiger partial charge in [0.15, 0.2) is 9.84 Å². The third kappa shape index (κ3) is 5.93. The lowest BCUT2D eigenvalue weighted by Crippen LogP contribution is -2.23. The number of sulfone groups is 1. The molecule has 0 fully saturated rings. The summed E-state index contributed by atoms with van der Waals surface area (Å²) in [6.45, 7) is 5.58. The van der Waals surface area contributed by atoms with Crippen LogP contribution in [0.2, 0.25) is 0 Å². The second kappa shape index (κ2) is 9.89. The minimum Gasteiger partial charge on any atom is -0.372 e. The van der Waals surface area contributed by atoms with Crippen molar-refractivity contribution in [3.8, 4) is 12.3 Å². The van der Waals surface area contributed by atoms with Gasteiger partial charge in [-0.2, -0.15) is 10.2 Å². The van der Waals surface area contributed by atoms with Gasteiger partial charge in [0.2, 0.25) is 0 Å². The van der Waals surface area contributed by atoms with Gasteiger partial charge in [0.1, 0.15) is 0 Å². The molecule has 0 bridgehead atoms. The Morgan fingerprint density at radius 3 is 2.00 bits per heavy atom. The van der Waals surface area contributed by atoms with Gasteiger partial charge in [-0.05, 0) is 61.9 Å². The molecular weight excluding hydrogens is 358 g/mol. The van der Waals surface area contributed by atoms with Crippen molar-refractivity contribution in [3.05, 3.63) is 48.5 Å². The molecule has 0 aliphatic heterocycles. The average molecular weight is 384 g/mol. The molecule has 27 heavy (non-hydrogen) atoms. The number of azo groups is 1. The van der Waals surface area contributed by atoms with Crippen molar-refractivity contribution < 1.29 is 8.42 Å². The molecule has 2 aromatic rings. The largest absolute Gasteiger partial charge is 0.372 e. The first-order valence-corrected chi connectivity index (χ1v) is 10.7. The summed E-state index contributed by atoms with van der Waals surface area (Å²) in [6.07, 6.45) is 7.06. The summed E-state index contributed by atoms with van der Waals surface area (Å²) in [5, 5.41) is 8.40. The molecule has 5 nitrogen and oxygen atoms in total. The van der Waals surface area contributed by atoms with Crippen LogP contribution in [0.3, 0.4) is 0 Å². The summed E-state index contributed by atoms with van der Waals surface area (Å²) in [7, 11) is -3.19. The highest BCUT2D eigenvalue weighted by molar-refractivity contribution is 7.91. The molecule has 0 saturated heterocycles. The molecule has 2 rings (SSSR count). The maximum atomic E-state index is 11.8. The van der Waals surface area contributed by atoms with Gasteiger partial charge in [-0.1, -0.05) is 6.92 Å². The molecule has 0 aliphatic carbocycles. The van der Waals surface area contributed by atoms with Gasteiger partial charge in [-0.3, -0.25) is 0 Å². The van der Waals surface area contributed by atoms with Crippen LogP contribution in [0.15, 0.2) is 63.7 Å². The van der Waals surface area contributed by atoms with Crippen LogP contribution in [0, 0.1) is 12.3 Å². The molecule has 0 radical (unpaired) electrons. The zero-order valence-corrected chi connectivity index (χ0v) is 16.6. The SMILES string of the molecule is C#CCCCN(CC)c1ccc(N=Nc2ccc(S(=O)(=O)CC)cc2)cc1. The van der Waals surface area contributed by atoms with E-state index in [1.807, 2.05) is 24.3 Å². The number of rotatable bonds is 9. The molecular formula is C21H25N3O2S. The summed E-state index contributed by atoms with van der Waals surface area (Å²) in [5.74, 6) is 2.75. The topological polar surface area (TPSA) is 62.1 Å². The Kier molecular flexibility index (Phi) is 7.56. The fourth-order valence-corrected chi connectivity index (χ4v) is 3.46. The van der Waals surface area contributed by atoms with E-state index in [9.17, 15) is 8.42 Å². The molecule has 0 amide bonds. The average Bonchev–Trinajstić information content (AvgIpc) is 2.70. The molecule has 0 heterocycles. The van der Waals surface area contributed by atoms with Crippen molar-refractivity contribution in [1.29, 1.82) is 0 Å². The first-order chi connectivity index (χ1) is 13.0. The molecule has 6 heteroatoms. The lowest BCUT2D eigenvalue weighted by molar-refractivity contribution is 0.597. The second-order valence-electron chi connectivity index (χ2n) is 6.00. The summed E-state index contributed by atoms with van der Waals surface area (Å²) in [6, 6.07) is 14.3. The number of unbranched alkanes of at least 4 members (excludes halogenated alkanes) is 1. The number of hydrogen-bond donors (Lipinski definition) is 0. The van der Waals surface area contributed by atoms with Crippen molar-refractivity contribution in [2.24, 2.45) is 10.2 Å². The van der Waals surface area contributed by atoms with Gasteiger partial charge in [0, 0.05) is 25.2 Å². The summed E-state index contributed by atoms with van der Waals surface area (Å²) in [4.78, 5) is 2.57. The zero-order chi connectivity index (χ0) is 19.7. The number of anilines is 1. The van der Waals surface area contributed by atoms with E-state index < -0.39 is 9.84 Å². The van der Waals surface area contributed by atoms with E-state index in [0.29, 0.717) is 10.6 Å².